The highest BCUT2D eigenvalue weighted by molar-refractivity contribution is 5.92. The fraction of sp³-hybridized carbons (Fsp3) is 0.409. The van der Waals surface area contributed by atoms with E-state index in [4.69, 9.17) is 4.42 Å². The predicted molar refractivity (Wildman–Crippen MR) is 107 cm³/mol. The number of H-pyrrole nitrogens is 1. The molecule has 2 aromatic heterocycles. The summed E-state index contributed by atoms with van der Waals surface area (Å²) in [6.07, 6.45) is 3.12. The summed E-state index contributed by atoms with van der Waals surface area (Å²) in [7, 11) is 0. The van der Waals surface area contributed by atoms with Crippen LogP contribution in [-0.2, 0) is 6.54 Å². The third kappa shape index (κ3) is 3.31. The van der Waals surface area contributed by atoms with Crippen molar-refractivity contribution < 1.29 is 13.6 Å². The number of nitrogens with zero attached hydrogens (tertiary/aromatic N) is 4. The summed E-state index contributed by atoms with van der Waals surface area (Å²) in [5.41, 5.74) is 3.25. The Morgan fingerprint density at radius 2 is 2.17 bits per heavy atom. The predicted octanol–water partition coefficient (Wildman–Crippen LogP) is 3.10. The van der Waals surface area contributed by atoms with Crippen molar-refractivity contribution in [2.45, 2.75) is 26.4 Å². The monoisotopic (exact) mass is 409 g/mol. The van der Waals surface area contributed by atoms with Gasteiger partial charge in [-0.3, -0.25) is 9.69 Å². The van der Waals surface area contributed by atoms with E-state index >= 15 is 0 Å². The van der Waals surface area contributed by atoms with E-state index < -0.39 is 0 Å². The van der Waals surface area contributed by atoms with Crippen molar-refractivity contribution in [1.29, 1.82) is 0 Å². The molecule has 1 amide bonds. The smallest absolute Gasteiger partial charge is 0.276 e. The molecule has 0 aliphatic carbocycles. The second kappa shape index (κ2) is 7.36. The average molecular weight is 409 g/mol. The Balaban J connectivity index is 1.43. The highest BCUT2D eigenvalue weighted by Crippen LogP contribution is 2.45. The van der Waals surface area contributed by atoms with Gasteiger partial charge in [0.25, 0.3) is 5.91 Å². The molecule has 0 radical (unpaired) electrons. The van der Waals surface area contributed by atoms with Crippen LogP contribution in [0, 0.1) is 31.5 Å². The number of rotatable bonds is 4. The van der Waals surface area contributed by atoms with Gasteiger partial charge in [0.1, 0.15) is 12.1 Å². The van der Waals surface area contributed by atoms with Gasteiger partial charge in [0.05, 0.1) is 18.1 Å². The van der Waals surface area contributed by atoms with Crippen LogP contribution in [0.1, 0.15) is 39.4 Å². The Bertz CT molecular complexity index is 1080. The first-order valence-corrected chi connectivity index (χ1v) is 10.2. The molecular formula is C22H24FN5O2. The molecule has 2 saturated heterocycles. The number of carbonyl (C=O) groups excluding carboxylic acids is 1. The van der Waals surface area contributed by atoms with Crippen molar-refractivity contribution >= 4 is 5.91 Å². The average Bonchev–Trinajstić information content (AvgIpc) is 3.47. The number of hydrogen-bond donors (Lipinski definition) is 1. The molecule has 8 heteroatoms. The van der Waals surface area contributed by atoms with Crippen LogP contribution in [0.15, 0.2) is 41.3 Å². The van der Waals surface area contributed by atoms with Crippen LogP contribution in [0.25, 0.3) is 0 Å². The molecule has 4 heterocycles. The molecule has 0 saturated carbocycles. The third-order valence-corrected chi connectivity index (χ3v) is 6.34. The summed E-state index contributed by atoms with van der Waals surface area (Å²) < 4.78 is 19.3. The van der Waals surface area contributed by atoms with Gasteiger partial charge < -0.3 is 14.3 Å². The van der Waals surface area contributed by atoms with E-state index in [0.717, 1.165) is 36.6 Å². The Hall–Kier alpha value is -3.00. The second-order valence-corrected chi connectivity index (χ2v) is 8.30. The highest BCUT2D eigenvalue weighted by Gasteiger charge is 2.49. The zero-order valence-electron chi connectivity index (χ0n) is 17.0. The second-order valence-electron chi connectivity index (χ2n) is 8.30. The van der Waals surface area contributed by atoms with E-state index in [-0.39, 0.29) is 23.7 Å². The maximum Gasteiger partial charge on any atom is 0.276 e. The summed E-state index contributed by atoms with van der Waals surface area (Å²) in [5.74, 6) is 0.547. The molecule has 2 aliphatic heterocycles. The molecule has 2 aliphatic rings. The molecular weight excluding hydrogens is 385 g/mol. The highest BCUT2D eigenvalue weighted by atomic mass is 19.1. The molecule has 0 spiro atoms. The number of amides is 1. The minimum atomic E-state index is -0.289. The van der Waals surface area contributed by atoms with Crippen LogP contribution in [-0.4, -0.2) is 50.3 Å². The molecule has 0 bridgehead atoms. The number of halogens is 1. The fourth-order valence-electron chi connectivity index (χ4n) is 4.96. The lowest BCUT2D eigenvalue weighted by Gasteiger charge is -2.29. The standard InChI is InChI=1S/C22H24FN5O2/c1-13-19(25-12-24-13)10-27-7-16-8-28(22(29)20-11-30-14(2)26-20)21(18(16)9-27)15-4-3-5-17(23)6-15/h3-6,11-12,16,18,21H,7-10H2,1-2H3,(H,24,25)/t16-,18-,21+/m0/s1. The zero-order chi connectivity index (χ0) is 20.8. The Morgan fingerprint density at radius 3 is 2.87 bits per heavy atom. The van der Waals surface area contributed by atoms with E-state index in [1.807, 2.05) is 17.9 Å². The van der Waals surface area contributed by atoms with Crippen LogP contribution in [0.2, 0.25) is 0 Å². The lowest BCUT2D eigenvalue weighted by molar-refractivity contribution is 0.0693. The Labute approximate surface area is 173 Å². The summed E-state index contributed by atoms with van der Waals surface area (Å²) in [5, 5.41) is 0. The summed E-state index contributed by atoms with van der Waals surface area (Å²) >= 11 is 0. The number of fused-ring (bicyclic) bond motifs is 1. The lowest BCUT2D eigenvalue weighted by Crippen LogP contribution is -2.36. The van der Waals surface area contributed by atoms with Gasteiger partial charge in [0, 0.05) is 44.7 Å². The molecule has 3 aromatic rings. The summed E-state index contributed by atoms with van der Waals surface area (Å²) in [6, 6.07) is 6.40. The van der Waals surface area contributed by atoms with E-state index in [1.54, 1.807) is 25.4 Å². The number of nitrogens with one attached hydrogen (secondary N) is 1. The normalized spacial score (nSPS) is 23.8. The summed E-state index contributed by atoms with van der Waals surface area (Å²) in [6.45, 7) is 6.84. The molecule has 0 unspecified atom stereocenters. The maximum absolute atomic E-state index is 14.0. The van der Waals surface area contributed by atoms with E-state index in [0.29, 0.717) is 24.0 Å². The molecule has 1 N–H and O–H groups in total. The van der Waals surface area contributed by atoms with Crippen LogP contribution >= 0.6 is 0 Å². The first kappa shape index (κ1) is 19.0. The number of oxazole rings is 1. The zero-order valence-corrected chi connectivity index (χ0v) is 17.0. The molecule has 7 nitrogen and oxygen atoms in total. The van der Waals surface area contributed by atoms with Crippen LogP contribution in [0.5, 0.6) is 0 Å². The van der Waals surface area contributed by atoms with Crippen molar-refractivity contribution in [3.63, 3.8) is 0 Å². The first-order chi connectivity index (χ1) is 14.5. The van der Waals surface area contributed by atoms with E-state index in [1.165, 1.54) is 12.3 Å². The number of carbonyl (C=O) groups is 1. The van der Waals surface area contributed by atoms with Crippen molar-refractivity contribution in [3.8, 4) is 0 Å². The molecule has 3 atom stereocenters. The Kier molecular flexibility index (Phi) is 4.66. The summed E-state index contributed by atoms with van der Waals surface area (Å²) in [4.78, 5) is 29.2. The van der Waals surface area contributed by atoms with Crippen molar-refractivity contribution in [2.75, 3.05) is 19.6 Å². The van der Waals surface area contributed by atoms with Gasteiger partial charge in [-0.15, -0.1) is 0 Å². The lowest BCUT2D eigenvalue weighted by atomic mass is 9.89. The van der Waals surface area contributed by atoms with Crippen molar-refractivity contribution in [3.05, 3.63) is 71.2 Å². The van der Waals surface area contributed by atoms with Gasteiger partial charge >= 0.3 is 0 Å². The number of aryl methyl sites for hydroxylation is 2. The van der Waals surface area contributed by atoms with Crippen LogP contribution < -0.4 is 0 Å². The van der Waals surface area contributed by atoms with Crippen LogP contribution in [0.4, 0.5) is 4.39 Å². The molecule has 30 heavy (non-hydrogen) atoms. The molecule has 2 fully saturated rings. The van der Waals surface area contributed by atoms with Crippen LogP contribution in [0.3, 0.4) is 0 Å². The molecule has 5 rings (SSSR count). The number of likely N-dealkylation sites (tertiary alicyclic amines) is 2. The SMILES string of the molecule is Cc1nc(C(=O)N2C[C@@H]3CN(Cc4nc[nH]c4C)C[C@@H]3[C@H]2c2cccc(F)c2)co1. The van der Waals surface area contributed by atoms with Gasteiger partial charge in [-0.05, 0) is 30.5 Å². The topological polar surface area (TPSA) is 78.3 Å². The largest absolute Gasteiger partial charge is 0.448 e. The minimum absolute atomic E-state index is 0.162. The maximum atomic E-state index is 14.0. The van der Waals surface area contributed by atoms with Crippen molar-refractivity contribution in [2.24, 2.45) is 11.8 Å². The van der Waals surface area contributed by atoms with Crippen molar-refractivity contribution in [1.82, 2.24) is 24.8 Å². The van der Waals surface area contributed by atoms with E-state index in [9.17, 15) is 9.18 Å². The first-order valence-electron chi connectivity index (χ1n) is 10.2. The van der Waals surface area contributed by atoms with E-state index in [2.05, 4.69) is 19.9 Å². The quantitative estimate of drug-likeness (QED) is 0.716. The fourth-order valence-corrected chi connectivity index (χ4v) is 4.96. The third-order valence-electron chi connectivity index (χ3n) is 6.34. The number of aromatic amines is 1. The Morgan fingerprint density at radius 1 is 1.30 bits per heavy atom. The van der Waals surface area contributed by atoms with Gasteiger partial charge in [0.2, 0.25) is 0 Å². The molecule has 1 aromatic carbocycles. The number of benzene rings is 1. The number of hydrogen-bond acceptors (Lipinski definition) is 5. The minimum Gasteiger partial charge on any atom is -0.448 e. The number of imidazole rings is 1. The van der Waals surface area contributed by atoms with Gasteiger partial charge in [-0.1, -0.05) is 12.1 Å². The van der Waals surface area contributed by atoms with Gasteiger partial charge in [0.15, 0.2) is 11.6 Å². The van der Waals surface area contributed by atoms with Gasteiger partial charge in [-0.25, -0.2) is 14.4 Å². The number of aromatic nitrogens is 3. The van der Waals surface area contributed by atoms with Gasteiger partial charge in [-0.2, -0.15) is 0 Å². The molecule has 156 valence electrons.